The first-order valence-corrected chi connectivity index (χ1v) is 9.05. The van der Waals surface area contributed by atoms with Gasteiger partial charge in [0.05, 0.1) is 10.5 Å². The maximum Gasteiger partial charge on any atom is 0.270 e. The number of nitrogens with zero attached hydrogens (tertiary/aromatic N) is 1. The number of amides is 1. The van der Waals surface area contributed by atoms with Crippen LogP contribution >= 0.6 is 15.9 Å². The Labute approximate surface area is 143 Å². The van der Waals surface area contributed by atoms with E-state index in [1.54, 1.807) is 6.07 Å². The van der Waals surface area contributed by atoms with Gasteiger partial charge in [-0.05, 0) is 77.8 Å². The molecule has 4 saturated carbocycles. The van der Waals surface area contributed by atoms with E-state index in [0.717, 1.165) is 11.8 Å². The van der Waals surface area contributed by atoms with Gasteiger partial charge in [0.1, 0.15) is 0 Å². The third kappa shape index (κ3) is 2.67. The van der Waals surface area contributed by atoms with E-state index in [-0.39, 0.29) is 17.6 Å². The van der Waals surface area contributed by atoms with Crippen LogP contribution in [0, 0.1) is 33.8 Å². The van der Waals surface area contributed by atoms with Crippen molar-refractivity contribution >= 4 is 27.5 Å². The summed E-state index contributed by atoms with van der Waals surface area (Å²) in [6.07, 6.45) is 6.30. The number of rotatable bonds is 3. The number of hydrogen-bond acceptors (Lipinski definition) is 3. The van der Waals surface area contributed by atoms with Crippen molar-refractivity contribution in [3.05, 3.63) is 38.3 Å². The first kappa shape index (κ1) is 15.1. The summed E-state index contributed by atoms with van der Waals surface area (Å²) in [6, 6.07) is 4.57. The molecule has 0 aliphatic heterocycles. The lowest BCUT2D eigenvalue weighted by Crippen LogP contribution is -2.55. The Balaban J connectivity index is 1.54. The minimum absolute atomic E-state index is 0.0524. The van der Waals surface area contributed by atoms with Gasteiger partial charge in [-0.2, -0.15) is 0 Å². The SMILES string of the molecule is O=C(NC1C2CC3CC(C2)CC1C3)c1cc([N+](=O)[O-])ccc1Br. The number of carbonyl (C=O) groups excluding carboxylic acids is 1. The molecule has 1 N–H and O–H groups in total. The third-order valence-electron chi connectivity index (χ3n) is 5.93. The number of hydrogen-bond donors (Lipinski definition) is 1. The normalized spacial score (nSPS) is 34.4. The lowest BCUT2D eigenvalue weighted by molar-refractivity contribution is -0.384. The average molecular weight is 379 g/mol. The lowest BCUT2D eigenvalue weighted by atomic mass is 9.54. The summed E-state index contributed by atoms with van der Waals surface area (Å²) in [5.41, 5.74) is 0.302. The molecular weight excluding hydrogens is 360 g/mol. The van der Waals surface area contributed by atoms with Crippen LogP contribution in [0.2, 0.25) is 0 Å². The van der Waals surface area contributed by atoms with E-state index in [1.165, 1.54) is 44.2 Å². The molecule has 0 heterocycles. The summed E-state index contributed by atoms with van der Waals surface area (Å²) in [5.74, 6) is 2.70. The molecule has 0 spiro atoms. The molecule has 5 nitrogen and oxygen atoms in total. The van der Waals surface area contributed by atoms with Crippen molar-refractivity contribution in [2.75, 3.05) is 0 Å². The van der Waals surface area contributed by atoms with Crippen LogP contribution in [0.3, 0.4) is 0 Å². The maximum absolute atomic E-state index is 12.7. The zero-order valence-corrected chi connectivity index (χ0v) is 14.3. The molecule has 4 aliphatic rings. The van der Waals surface area contributed by atoms with Crippen LogP contribution in [-0.4, -0.2) is 16.9 Å². The fraction of sp³-hybridized carbons (Fsp3) is 0.588. The Morgan fingerprint density at radius 1 is 1.13 bits per heavy atom. The first-order chi connectivity index (χ1) is 11.0. The predicted octanol–water partition coefficient (Wildman–Crippen LogP) is 3.91. The average Bonchev–Trinajstić information content (AvgIpc) is 2.50. The minimum Gasteiger partial charge on any atom is -0.349 e. The van der Waals surface area contributed by atoms with Crippen LogP contribution in [-0.2, 0) is 0 Å². The monoisotopic (exact) mass is 378 g/mol. The van der Waals surface area contributed by atoms with Crippen LogP contribution in [0.1, 0.15) is 42.5 Å². The largest absolute Gasteiger partial charge is 0.349 e. The van der Waals surface area contributed by atoms with Crippen molar-refractivity contribution in [2.24, 2.45) is 23.7 Å². The quantitative estimate of drug-likeness (QED) is 0.639. The van der Waals surface area contributed by atoms with E-state index in [1.807, 2.05) is 0 Å². The summed E-state index contributed by atoms with van der Waals surface area (Å²) in [7, 11) is 0. The van der Waals surface area contributed by atoms with E-state index in [0.29, 0.717) is 21.9 Å². The third-order valence-corrected chi connectivity index (χ3v) is 6.62. The van der Waals surface area contributed by atoms with Gasteiger partial charge in [-0.1, -0.05) is 0 Å². The summed E-state index contributed by atoms with van der Waals surface area (Å²) in [6.45, 7) is 0. The molecule has 0 saturated heterocycles. The smallest absolute Gasteiger partial charge is 0.270 e. The van der Waals surface area contributed by atoms with Crippen molar-refractivity contribution in [3.8, 4) is 0 Å². The van der Waals surface area contributed by atoms with Crippen LogP contribution in [0.5, 0.6) is 0 Å². The van der Waals surface area contributed by atoms with Gasteiger partial charge in [-0.25, -0.2) is 0 Å². The summed E-state index contributed by atoms with van der Waals surface area (Å²) in [5, 5.41) is 14.1. The van der Waals surface area contributed by atoms with Gasteiger partial charge in [0.25, 0.3) is 11.6 Å². The van der Waals surface area contributed by atoms with Crippen molar-refractivity contribution in [1.82, 2.24) is 5.32 Å². The molecule has 5 rings (SSSR count). The van der Waals surface area contributed by atoms with Gasteiger partial charge < -0.3 is 5.32 Å². The van der Waals surface area contributed by atoms with Gasteiger partial charge in [-0.15, -0.1) is 0 Å². The molecule has 6 heteroatoms. The number of nitro groups is 1. The topological polar surface area (TPSA) is 72.2 Å². The predicted molar refractivity (Wildman–Crippen MR) is 89.1 cm³/mol. The molecule has 0 unspecified atom stereocenters. The molecule has 122 valence electrons. The van der Waals surface area contributed by atoms with Crippen molar-refractivity contribution < 1.29 is 9.72 Å². The Morgan fingerprint density at radius 3 is 2.30 bits per heavy atom. The Morgan fingerprint density at radius 2 is 1.74 bits per heavy atom. The Bertz CT molecular complexity index is 648. The fourth-order valence-corrected chi connectivity index (χ4v) is 5.62. The van der Waals surface area contributed by atoms with Gasteiger partial charge in [0.15, 0.2) is 0 Å². The number of halogens is 1. The summed E-state index contributed by atoms with van der Waals surface area (Å²) >= 11 is 3.34. The van der Waals surface area contributed by atoms with Crippen LogP contribution in [0.4, 0.5) is 5.69 Å². The molecule has 4 aliphatic carbocycles. The van der Waals surface area contributed by atoms with Gasteiger partial charge in [0.2, 0.25) is 0 Å². The molecule has 4 bridgehead atoms. The Kier molecular flexibility index (Phi) is 3.67. The zero-order chi connectivity index (χ0) is 16.1. The van der Waals surface area contributed by atoms with E-state index in [9.17, 15) is 14.9 Å². The second-order valence-corrected chi connectivity index (χ2v) is 8.21. The summed E-state index contributed by atoms with van der Waals surface area (Å²) in [4.78, 5) is 23.1. The molecular formula is C17H19BrN2O3. The molecule has 0 atom stereocenters. The highest BCUT2D eigenvalue weighted by Crippen LogP contribution is 2.53. The van der Waals surface area contributed by atoms with E-state index >= 15 is 0 Å². The highest BCUT2D eigenvalue weighted by molar-refractivity contribution is 9.10. The van der Waals surface area contributed by atoms with Crippen molar-refractivity contribution in [2.45, 2.75) is 38.1 Å². The second-order valence-electron chi connectivity index (χ2n) is 7.35. The number of nitrogens with one attached hydrogen (secondary N) is 1. The minimum atomic E-state index is -0.466. The first-order valence-electron chi connectivity index (χ1n) is 8.26. The highest BCUT2D eigenvalue weighted by Gasteiger charge is 2.48. The van der Waals surface area contributed by atoms with Gasteiger partial charge in [0, 0.05) is 22.6 Å². The molecule has 1 amide bonds. The fourth-order valence-electron chi connectivity index (χ4n) is 5.19. The van der Waals surface area contributed by atoms with Crippen LogP contribution < -0.4 is 5.32 Å². The number of nitro benzene ring substituents is 1. The van der Waals surface area contributed by atoms with Crippen molar-refractivity contribution in [3.63, 3.8) is 0 Å². The highest BCUT2D eigenvalue weighted by atomic mass is 79.9. The molecule has 0 radical (unpaired) electrons. The van der Waals surface area contributed by atoms with Gasteiger partial charge >= 0.3 is 0 Å². The van der Waals surface area contributed by atoms with Crippen LogP contribution in [0.25, 0.3) is 0 Å². The van der Waals surface area contributed by atoms with E-state index in [4.69, 9.17) is 0 Å². The summed E-state index contributed by atoms with van der Waals surface area (Å²) < 4.78 is 0.601. The standard InChI is InChI=1S/C17H19BrN2O3/c18-15-2-1-13(20(22)23)8-14(15)17(21)19-16-11-4-9-3-10(6-11)7-12(16)5-9/h1-2,8-12,16H,3-7H2,(H,19,21). The van der Waals surface area contributed by atoms with E-state index in [2.05, 4.69) is 21.2 Å². The van der Waals surface area contributed by atoms with Crippen LogP contribution in [0.15, 0.2) is 22.7 Å². The molecule has 1 aromatic rings. The molecule has 4 fully saturated rings. The number of non-ortho nitro benzene ring substituents is 1. The zero-order valence-electron chi connectivity index (χ0n) is 12.7. The second kappa shape index (κ2) is 5.58. The maximum atomic E-state index is 12.7. The molecule has 1 aromatic carbocycles. The number of benzene rings is 1. The van der Waals surface area contributed by atoms with Crippen molar-refractivity contribution in [1.29, 1.82) is 0 Å². The van der Waals surface area contributed by atoms with E-state index < -0.39 is 4.92 Å². The van der Waals surface area contributed by atoms with Gasteiger partial charge in [-0.3, -0.25) is 14.9 Å². The molecule has 23 heavy (non-hydrogen) atoms. The number of carbonyl (C=O) groups is 1. The lowest BCUT2D eigenvalue weighted by Gasteiger charge is -2.54. The molecule has 0 aromatic heterocycles. The Hall–Kier alpha value is -1.43.